The van der Waals surface area contributed by atoms with Gasteiger partial charge in [-0.2, -0.15) is 0 Å². The van der Waals surface area contributed by atoms with Crippen LogP contribution in [0.2, 0.25) is 0 Å². The van der Waals surface area contributed by atoms with Gasteiger partial charge in [-0.05, 0) is 19.4 Å². The van der Waals surface area contributed by atoms with Crippen molar-refractivity contribution in [3.63, 3.8) is 0 Å². The highest BCUT2D eigenvalue weighted by Crippen LogP contribution is 2.14. The van der Waals surface area contributed by atoms with Gasteiger partial charge in [0.25, 0.3) is 0 Å². The summed E-state index contributed by atoms with van der Waals surface area (Å²) >= 11 is 0. The van der Waals surface area contributed by atoms with E-state index in [-0.39, 0.29) is 11.8 Å². The molecule has 0 heterocycles. The summed E-state index contributed by atoms with van der Waals surface area (Å²) in [6.45, 7) is 3.19. The first-order chi connectivity index (χ1) is 7.52. The first kappa shape index (κ1) is 12.2. The molecule has 0 fully saturated rings. The molecule has 0 radical (unpaired) electrons. The van der Waals surface area contributed by atoms with E-state index in [1.165, 1.54) is 6.92 Å². The number of hydrogen-bond acceptors (Lipinski definition) is 2. The second-order valence-corrected chi connectivity index (χ2v) is 3.70. The molecule has 0 aliphatic heterocycles. The van der Waals surface area contributed by atoms with Crippen LogP contribution in [0.5, 0.6) is 0 Å². The zero-order valence-electron chi connectivity index (χ0n) is 9.31. The van der Waals surface area contributed by atoms with E-state index in [0.717, 1.165) is 5.56 Å². The Balaban J connectivity index is 2.65. The van der Waals surface area contributed by atoms with Gasteiger partial charge < -0.3 is 10.4 Å². The highest BCUT2D eigenvalue weighted by Gasteiger charge is 2.19. The van der Waals surface area contributed by atoms with Gasteiger partial charge in [-0.3, -0.25) is 9.59 Å². The van der Waals surface area contributed by atoms with E-state index in [4.69, 9.17) is 5.11 Å². The number of hydrogen-bond donors (Lipinski definition) is 2. The Hall–Kier alpha value is -1.84. The van der Waals surface area contributed by atoms with Gasteiger partial charge in [0, 0.05) is 0 Å². The molecule has 0 spiro atoms. The Morgan fingerprint density at radius 3 is 2.25 bits per heavy atom. The normalized spacial score (nSPS) is 13.9. The summed E-state index contributed by atoms with van der Waals surface area (Å²) in [7, 11) is 0. The van der Waals surface area contributed by atoms with Gasteiger partial charge in [0.2, 0.25) is 5.91 Å². The highest BCUT2D eigenvalue weighted by atomic mass is 16.4. The maximum atomic E-state index is 11.7. The quantitative estimate of drug-likeness (QED) is 0.807. The Morgan fingerprint density at radius 1 is 1.19 bits per heavy atom. The molecule has 2 N–H and O–H groups in total. The number of benzene rings is 1. The number of aliphatic carboxylic acids is 1. The minimum atomic E-state index is -1.03. The number of carboxylic acids is 1. The summed E-state index contributed by atoms with van der Waals surface area (Å²) in [5.74, 6) is -1.65. The molecule has 0 aromatic heterocycles. The molecule has 1 amide bonds. The van der Waals surface area contributed by atoms with E-state index < -0.39 is 12.0 Å². The van der Waals surface area contributed by atoms with Crippen molar-refractivity contribution in [2.75, 3.05) is 0 Å². The molecule has 0 saturated heterocycles. The number of rotatable bonds is 4. The largest absolute Gasteiger partial charge is 0.480 e. The van der Waals surface area contributed by atoms with E-state index in [9.17, 15) is 9.59 Å². The molecule has 0 unspecified atom stereocenters. The van der Waals surface area contributed by atoms with Crippen molar-refractivity contribution in [3.8, 4) is 0 Å². The van der Waals surface area contributed by atoms with E-state index in [1.54, 1.807) is 6.92 Å². The number of amides is 1. The van der Waals surface area contributed by atoms with Crippen molar-refractivity contribution >= 4 is 11.9 Å². The molecule has 1 aromatic rings. The van der Waals surface area contributed by atoms with Gasteiger partial charge in [0.05, 0.1) is 5.92 Å². The third-order valence-electron chi connectivity index (χ3n) is 2.42. The van der Waals surface area contributed by atoms with Gasteiger partial charge in [-0.15, -0.1) is 0 Å². The zero-order valence-corrected chi connectivity index (χ0v) is 9.31. The topological polar surface area (TPSA) is 66.4 Å². The second-order valence-electron chi connectivity index (χ2n) is 3.70. The van der Waals surface area contributed by atoms with E-state index >= 15 is 0 Å². The fourth-order valence-corrected chi connectivity index (χ4v) is 1.29. The molecule has 4 nitrogen and oxygen atoms in total. The average Bonchev–Trinajstić information content (AvgIpc) is 2.28. The summed E-state index contributed by atoms with van der Waals surface area (Å²) in [6, 6.07) is 8.39. The minimum Gasteiger partial charge on any atom is -0.480 e. The van der Waals surface area contributed by atoms with Crippen LogP contribution < -0.4 is 5.32 Å². The van der Waals surface area contributed by atoms with Gasteiger partial charge in [-0.1, -0.05) is 30.3 Å². The number of carbonyl (C=O) groups is 2. The summed E-state index contributed by atoms with van der Waals surface area (Å²) in [5.41, 5.74) is 0.873. The summed E-state index contributed by atoms with van der Waals surface area (Å²) in [6.07, 6.45) is 0. The van der Waals surface area contributed by atoms with Crippen LogP contribution in [0.4, 0.5) is 0 Å². The van der Waals surface area contributed by atoms with Gasteiger partial charge in [0.15, 0.2) is 0 Å². The van der Waals surface area contributed by atoms with E-state index in [0.29, 0.717) is 0 Å². The van der Waals surface area contributed by atoms with Crippen LogP contribution in [0.1, 0.15) is 25.3 Å². The molecular formula is C12H15NO3. The highest BCUT2D eigenvalue weighted by molar-refractivity contribution is 5.87. The molecule has 0 bridgehead atoms. The van der Waals surface area contributed by atoms with Crippen LogP contribution in [0.25, 0.3) is 0 Å². The van der Waals surface area contributed by atoms with Crippen molar-refractivity contribution in [1.29, 1.82) is 0 Å². The maximum Gasteiger partial charge on any atom is 0.325 e. The molecule has 1 rings (SSSR count). The summed E-state index contributed by atoms with van der Waals surface area (Å²) < 4.78 is 0. The van der Waals surface area contributed by atoms with Crippen LogP contribution in [-0.2, 0) is 9.59 Å². The lowest BCUT2D eigenvalue weighted by Gasteiger charge is -2.14. The number of carboxylic acid groups (broad SMARTS) is 1. The maximum absolute atomic E-state index is 11.7. The van der Waals surface area contributed by atoms with Crippen LogP contribution >= 0.6 is 0 Å². The molecule has 86 valence electrons. The van der Waals surface area contributed by atoms with Crippen LogP contribution in [0, 0.1) is 0 Å². The Kier molecular flexibility index (Phi) is 4.05. The van der Waals surface area contributed by atoms with Gasteiger partial charge in [0.1, 0.15) is 6.04 Å². The second kappa shape index (κ2) is 5.30. The Morgan fingerprint density at radius 2 is 1.75 bits per heavy atom. The Bertz CT molecular complexity index is 375. The SMILES string of the molecule is C[C@H](C(=O)N[C@H](C)C(=O)O)c1ccccc1. The number of nitrogens with one attached hydrogen (secondary N) is 1. The molecule has 2 atom stereocenters. The molecule has 0 aliphatic rings. The van der Waals surface area contributed by atoms with Crippen LogP contribution in [0.15, 0.2) is 30.3 Å². The van der Waals surface area contributed by atoms with Crippen molar-refractivity contribution in [2.24, 2.45) is 0 Å². The fraction of sp³-hybridized carbons (Fsp3) is 0.333. The molecule has 0 aliphatic carbocycles. The third-order valence-corrected chi connectivity index (χ3v) is 2.42. The third kappa shape index (κ3) is 3.08. The predicted molar refractivity (Wildman–Crippen MR) is 60.1 cm³/mol. The smallest absolute Gasteiger partial charge is 0.325 e. The van der Waals surface area contributed by atoms with E-state index in [1.807, 2.05) is 30.3 Å². The van der Waals surface area contributed by atoms with Crippen molar-refractivity contribution in [3.05, 3.63) is 35.9 Å². The average molecular weight is 221 g/mol. The van der Waals surface area contributed by atoms with Gasteiger partial charge in [-0.25, -0.2) is 0 Å². The molecule has 16 heavy (non-hydrogen) atoms. The van der Waals surface area contributed by atoms with Crippen molar-refractivity contribution in [1.82, 2.24) is 5.32 Å². The minimum absolute atomic E-state index is 0.277. The fourth-order valence-electron chi connectivity index (χ4n) is 1.29. The first-order valence-corrected chi connectivity index (χ1v) is 5.10. The lowest BCUT2D eigenvalue weighted by molar-refractivity contribution is -0.141. The Labute approximate surface area is 94.3 Å². The van der Waals surface area contributed by atoms with Crippen LogP contribution in [0.3, 0.4) is 0 Å². The molecular weight excluding hydrogens is 206 g/mol. The summed E-state index contributed by atoms with van der Waals surface area (Å²) in [4.78, 5) is 22.3. The molecule has 4 heteroatoms. The summed E-state index contributed by atoms with van der Waals surface area (Å²) in [5, 5.41) is 11.1. The lowest BCUT2D eigenvalue weighted by atomic mass is 10.0. The van der Waals surface area contributed by atoms with Crippen molar-refractivity contribution < 1.29 is 14.7 Å². The molecule has 0 saturated carbocycles. The number of carbonyl (C=O) groups excluding carboxylic acids is 1. The predicted octanol–water partition coefficient (Wildman–Crippen LogP) is 1.38. The standard InChI is InChI=1S/C12H15NO3/c1-8(10-6-4-3-5-7-10)11(14)13-9(2)12(15)16/h3-9H,1-2H3,(H,13,14)(H,15,16)/t8-,9+/m0/s1. The lowest BCUT2D eigenvalue weighted by Crippen LogP contribution is -2.40. The molecule has 1 aromatic carbocycles. The van der Waals surface area contributed by atoms with Gasteiger partial charge >= 0.3 is 5.97 Å². The zero-order chi connectivity index (χ0) is 12.1. The van der Waals surface area contributed by atoms with Crippen molar-refractivity contribution in [2.45, 2.75) is 25.8 Å². The van der Waals surface area contributed by atoms with Crippen LogP contribution in [-0.4, -0.2) is 23.0 Å². The van der Waals surface area contributed by atoms with E-state index in [2.05, 4.69) is 5.32 Å². The first-order valence-electron chi connectivity index (χ1n) is 5.10. The monoisotopic (exact) mass is 221 g/mol.